The van der Waals surface area contributed by atoms with Crippen molar-refractivity contribution >= 4 is 0 Å². The molecule has 5 atom stereocenters. The van der Waals surface area contributed by atoms with Crippen molar-refractivity contribution in [3.05, 3.63) is 94.5 Å². The Hall–Kier alpha value is -4.80. The molecule has 5 unspecified atom stereocenters. The van der Waals surface area contributed by atoms with Crippen molar-refractivity contribution in [2.24, 2.45) is 0 Å². The fourth-order valence-corrected chi connectivity index (χ4v) is 5.54. The van der Waals surface area contributed by atoms with Crippen LogP contribution in [-0.4, -0.2) is 53.1 Å². The zero-order valence-corrected chi connectivity index (χ0v) is 20.8. The summed E-state index contributed by atoms with van der Waals surface area (Å²) in [5.41, 5.74) is 2.05. The van der Waals surface area contributed by atoms with E-state index in [0.717, 1.165) is 6.07 Å². The molecule has 4 aromatic carbocycles. The van der Waals surface area contributed by atoms with Gasteiger partial charge in [-0.25, -0.2) is 0 Å². The number of hydrogen-bond acceptors (Lipinski definition) is 10. The molecule has 2 aliphatic heterocycles. The first-order valence-electron chi connectivity index (χ1n) is 12.5. The zero-order chi connectivity index (χ0) is 28.3. The number of benzene rings is 4. The van der Waals surface area contributed by atoms with Gasteiger partial charge in [-0.1, -0.05) is 24.3 Å². The Labute approximate surface area is 227 Å². The van der Waals surface area contributed by atoms with Gasteiger partial charge in [0.05, 0.1) is 6.10 Å². The highest BCUT2D eigenvalue weighted by Crippen LogP contribution is 2.54. The van der Waals surface area contributed by atoms with Crippen LogP contribution in [0.1, 0.15) is 45.9 Å². The molecule has 0 saturated carbocycles. The number of ether oxygens (including phenoxy) is 2. The van der Waals surface area contributed by atoms with Gasteiger partial charge in [-0.3, -0.25) is 0 Å². The molecule has 10 nitrogen and oxygen atoms in total. The predicted molar refractivity (Wildman–Crippen MR) is 140 cm³/mol. The second kappa shape index (κ2) is 9.44. The van der Waals surface area contributed by atoms with Gasteiger partial charge in [-0.15, -0.1) is 0 Å². The highest BCUT2D eigenvalue weighted by Gasteiger charge is 2.45. The van der Waals surface area contributed by atoms with E-state index in [1.807, 2.05) is 0 Å². The van der Waals surface area contributed by atoms with Crippen LogP contribution >= 0.6 is 0 Å². The summed E-state index contributed by atoms with van der Waals surface area (Å²) in [7, 11) is 0. The first kappa shape index (κ1) is 25.5. The van der Waals surface area contributed by atoms with E-state index in [4.69, 9.17) is 9.47 Å². The number of hydrogen-bond donors (Lipinski definition) is 8. The Morgan fingerprint density at radius 1 is 0.600 bits per heavy atom. The zero-order valence-electron chi connectivity index (χ0n) is 20.8. The van der Waals surface area contributed by atoms with E-state index < -0.39 is 36.1 Å². The molecule has 0 saturated heterocycles. The molecule has 4 aromatic rings. The second-order valence-corrected chi connectivity index (χ2v) is 10.0. The van der Waals surface area contributed by atoms with Gasteiger partial charge in [0, 0.05) is 29.5 Å². The maximum absolute atomic E-state index is 11.7. The number of rotatable bonds is 3. The maximum Gasteiger partial charge on any atom is 0.157 e. The Balaban J connectivity index is 1.52. The van der Waals surface area contributed by atoms with Crippen molar-refractivity contribution in [2.75, 3.05) is 0 Å². The Bertz CT molecular complexity index is 1620. The molecule has 0 fully saturated rings. The smallest absolute Gasteiger partial charge is 0.157 e. The molecule has 0 radical (unpaired) electrons. The summed E-state index contributed by atoms with van der Waals surface area (Å²) < 4.78 is 12.5. The lowest BCUT2D eigenvalue weighted by atomic mass is 9.77. The lowest BCUT2D eigenvalue weighted by Gasteiger charge is -2.41. The number of aliphatic hydroxyl groups excluding tert-OH is 2. The molecule has 0 bridgehead atoms. The van der Waals surface area contributed by atoms with Gasteiger partial charge >= 0.3 is 0 Å². The predicted octanol–water partition coefficient (Wildman–Crippen LogP) is 3.58. The van der Waals surface area contributed by atoms with Crippen LogP contribution in [0.3, 0.4) is 0 Å². The molecule has 0 aromatic heterocycles. The van der Waals surface area contributed by atoms with Crippen LogP contribution < -0.4 is 9.47 Å². The first-order valence-corrected chi connectivity index (χ1v) is 12.5. The van der Waals surface area contributed by atoms with Gasteiger partial charge in [0.25, 0.3) is 0 Å². The maximum atomic E-state index is 11.7. The average molecular weight is 547 g/mol. The molecule has 40 heavy (non-hydrogen) atoms. The lowest BCUT2D eigenvalue weighted by molar-refractivity contribution is -0.00180. The minimum absolute atomic E-state index is 0.161. The minimum Gasteiger partial charge on any atom is -0.508 e. The van der Waals surface area contributed by atoms with E-state index in [1.165, 1.54) is 48.5 Å². The van der Waals surface area contributed by atoms with Crippen LogP contribution in [0.15, 0.2) is 66.7 Å². The molecule has 6 rings (SSSR count). The SMILES string of the molecule is Oc1ccc(C2c3c(ccc4c3OC(c3ccc(O)c(O)c3)C(O)C4)OC(c3ccc(O)c(O)c3)C2O)c(O)c1. The van der Waals surface area contributed by atoms with Gasteiger partial charge < -0.3 is 50.3 Å². The highest BCUT2D eigenvalue weighted by atomic mass is 16.5. The van der Waals surface area contributed by atoms with E-state index in [9.17, 15) is 40.9 Å². The van der Waals surface area contributed by atoms with E-state index >= 15 is 0 Å². The van der Waals surface area contributed by atoms with E-state index in [-0.39, 0.29) is 40.7 Å². The summed E-state index contributed by atoms with van der Waals surface area (Å²) >= 11 is 0. The van der Waals surface area contributed by atoms with Crippen molar-refractivity contribution in [3.63, 3.8) is 0 Å². The molecule has 10 heteroatoms. The van der Waals surface area contributed by atoms with E-state index in [2.05, 4.69) is 0 Å². The van der Waals surface area contributed by atoms with Crippen LogP contribution in [0.2, 0.25) is 0 Å². The van der Waals surface area contributed by atoms with Crippen LogP contribution in [0.5, 0.6) is 46.0 Å². The summed E-state index contributed by atoms with van der Waals surface area (Å²) in [4.78, 5) is 0. The third-order valence-electron chi connectivity index (χ3n) is 7.48. The van der Waals surface area contributed by atoms with Crippen molar-refractivity contribution in [1.29, 1.82) is 0 Å². The normalized spacial score (nSPS) is 23.4. The minimum atomic E-state index is -1.34. The molecule has 2 aliphatic rings. The molecule has 206 valence electrons. The van der Waals surface area contributed by atoms with E-state index in [1.54, 1.807) is 12.1 Å². The molecular formula is C30H26O10. The summed E-state index contributed by atoms with van der Waals surface area (Å²) in [5, 5.41) is 83.1. The van der Waals surface area contributed by atoms with Crippen molar-refractivity contribution in [1.82, 2.24) is 0 Å². The van der Waals surface area contributed by atoms with E-state index in [0.29, 0.717) is 33.8 Å². The average Bonchev–Trinajstić information content (AvgIpc) is 2.92. The molecule has 2 heterocycles. The highest BCUT2D eigenvalue weighted by molar-refractivity contribution is 5.61. The van der Waals surface area contributed by atoms with Gasteiger partial charge in [0.15, 0.2) is 29.1 Å². The largest absolute Gasteiger partial charge is 0.508 e. The lowest BCUT2D eigenvalue weighted by Crippen LogP contribution is -2.37. The van der Waals surface area contributed by atoms with Crippen LogP contribution in [0.25, 0.3) is 0 Å². The van der Waals surface area contributed by atoms with Crippen LogP contribution in [0.4, 0.5) is 0 Å². The standard InChI is InChI=1S/C30H26O10/c31-16-4-5-17(20(34)12-16)25-26-24(39-30(27(25)38)15-2-7-19(33)22(36)10-15)8-3-14-11-23(37)28(40-29(14)26)13-1-6-18(32)21(35)9-13/h1-10,12,23,25,27-28,30-38H,11H2. The number of aromatic hydroxyl groups is 6. The van der Waals surface area contributed by atoms with Crippen LogP contribution in [0, 0.1) is 0 Å². The Kier molecular flexibility index (Phi) is 6.01. The van der Waals surface area contributed by atoms with Crippen molar-refractivity contribution in [3.8, 4) is 46.0 Å². The van der Waals surface area contributed by atoms with Gasteiger partial charge in [0.1, 0.15) is 35.2 Å². The molecule has 0 aliphatic carbocycles. The van der Waals surface area contributed by atoms with Crippen molar-refractivity contribution in [2.45, 2.75) is 36.8 Å². The molecule has 0 amide bonds. The number of phenolic OH excluding ortho intramolecular Hbond substituents is 6. The quantitative estimate of drug-likeness (QED) is 0.177. The Morgan fingerprint density at radius 3 is 1.88 bits per heavy atom. The Morgan fingerprint density at radius 2 is 1.25 bits per heavy atom. The molecule has 8 N–H and O–H groups in total. The monoisotopic (exact) mass is 546 g/mol. The summed E-state index contributed by atoms with van der Waals surface area (Å²) in [6.45, 7) is 0. The fraction of sp³-hybridized carbons (Fsp3) is 0.200. The fourth-order valence-electron chi connectivity index (χ4n) is 5.54. The topological polar surface area (TPSA) is 180 Å². The van der Waals surface area contributed by atoms with Crippen molar-refractivity contribution < 1.29 is 50.3 Å². The second-order valence-electron chi connectivity index (χ2n) is 10.0. The van der Waals surface area contributed by atoms with Crippen LogP contribution in [-0.2, 0) is 6.42 Å². The number of phenols is 6. The summed E-state index contributed by atoms with van der Waals surface area (Å²) in [5.74, 6) is -2.23. The summed E-state index contributed by atoms with van der Waals surface area (Å²) in [6, 6.07) is 15.6. The number of aliphatic hydroxyl groups is 2. The van der Waals surface area contributed by atoms with Gasteiger partial charge in [-0.05, 0) is 53.1 Å². The summed E-state index contributed by atoms with van der Waals surface area (Å²) in [6.07, 6.45) is -4.16. The first-order chi connectivity index (χ1) is 19.1. The third kappa shape index (κ3) is 4.14. The molecular weight excluding hydrogens is 520 g/mol. The van der Waals surface area contributed by atoms with Gasteiger partial charge in [0.2, 0.25) is 0 Å². The third-order valence-corrected chi connectivity index (χ3v) is 7.48. The van der Waals surface area contributed by atoms with Gasteiger partial charge in [-0.2, -0.15) is 0 Å². The number of fused-ring (bicyclic) bond motifs is 3. The molecule has 0 spiro atoms.